The van der Waals surface area contributed by atoms with Crippen LogP contribution in [-0.2, 0) is 0 Å². The second kappa shape index (κ2) is 8.85. The Morgan fingerprint density at radius 2 is 1.75 bits per heavy atom. The first-order valence-electron chi connectivity index (χ1n) is 8.81. The molecule has 0 aliphatic heterocycles. The Morgan fingerprint density at radius 1 is 1.04 bits per heavy atom. The van der Waals surface area contributed by atoms with E-state index in [4.69, 9.17) is 4.74 Å². The molecule has 0 aliphatic rings. The van der Waals surface area contributed by atoms with Crippen LogP contribution in [0.2, 0.25) is 0 Å². The zero-order valence-electron chi connectivity index (χ0n) is 15.6. The summed E-state index contributed by atoms with van der Waals surface area (Å²) < 4.78 is 19.7. The number of carbonyl (C=O) groups is 1. The van der Waals surface area contributed by atoms with Crippen LogP contribution in [0.25, 0.3) is 11.1 Å². The van der Waals surface area contributed by atoms with Gasteiger partial charge in [-0.3, -0.25) is 0 Å². The van der Waals surface area contributed by atoms with Gasteiger partial charge in [-0.25, -0.2) is 14.2 Å². The number of nitrogens with zero attached hydrogens (tertiary/aromatic N) is 1. The number of pyridine rings is 1. The molecule has 2 amide bonds. The van der Waals surface area contributed by atoms with Gasteiger partial charge in [0.15, 0.2) is 0 Å². The highest BCUT2D eigenvalue weighted by atomic mass is 19.1. The van der Waals surface area contributed by atoms with E-state index in [1.807, 2.05) is 6.92 Å². The van der Waals surface area contributed by atoms with Crippen LogP contribution in [0.3, 0.4) is 0 Å². The first kappa shape index (κ1) is 19.2. The van der Waals surface area contributed by atoms with E-state index < -0.39 is 11.8 Å². The maximum absolute atomic E-state index is 14.6. The fourth-order valence-electron chi connectivity index (χ4n) is 2.67. The first-order chi connectivity index (χ1) is 13.6. The van der Waals surface area contributed by atoms with Crippen molar-refractivity contribution in [2.45, 2.75) is 6.92 Å². The lowest BCUT2D eigenvalue weighted by Gasteiger charge is -2.11. The number of benzene rings is 2. The highest BCUT2D eigenvalue weighted by molar-refractivity contribution is 5.99. The van der Waals surface area contributed by atoms with E-state index in [0.717, 1.165) is 6.54 Å². The zero-order chi connectivity index (χ0) is 19.9. The van der Waals surface area contributed by atoms with Crippen LogP contribution in [0.4, 0.5) is 26.4 Å². The number of nitrogens with one attached hydrogen (secondary N) is 3. The lowest BCUT2D eigenvalue weighted by atomic mass is 10.1. The maximum atomic E-state index is 14.6. The molecule has 0 saturated heterocycles. The number of halogens is 1. The van der Waals surface area contributed by atoms with E-state index >= 15 is 0 Å². The number of hydrogen-bond acceptors (Lipinski definition) is 4. The number of hydrogen-bond donors (Lipinski definition) is 3. The molecule has 144 valence electrons. The number of aromatic nitrogens is 1. The van der Waals surface area contributed by atoms with E-state index in [2.05, 4.69) is 20.9 Å². The number of anilines is 3. The third kappa shape index (κ3) is 4.76. The van der Waals surface area contributed by atoms with Crippen molar-refractivity contribution in [3.63, 3.8) is 0 Å². The quantitative estimate of drug-likeness (QED) is 0.564. The second-order valence-electron chi connectivity index (χ2n) is 5.96. The Labute approximate surface area is 162 Å². The molecule has 0 bridgehead atoms. The minimum Gasteiger partial charge on any atom is -0.497 e. The molecule has 0 radical (unpaired) electrons. The van der Waals surface area contributed by atoms with Gasteiger partial charge in [-0.05, 0) is 67.1 Å². The first-order valence-corrected chi connectivity index (χ1v) is 8.81. The average molecular weight is 380 g/mol. The molecule has 1 heterocycles. The van der Waals surface area contributed by atoms with Crippen LogP contribution < -0.4 is 20.7 Å². The molecular formula is C21H21FN4O2. The number of carbonyl (C=O) groups excluding carboxylic acids is 1. The lowest BCUT2D eigenvalue weighted by molar-refractivity contribution is 0.262. The largest absolute Gasteiger partial charge is 0.497 e. The Kier molecular flexibility index (Phi) is 6.06. The van der Waals surface area contributed by atoms with Gasteiger partial charge >= 0.3 is 6.03 Å². The van der Waals surface area contributed by atoms with Crippen molar-refractivity contribution in [2.24, 2.45) is 0 Å². The molecule has 7 heteroatoms. The summed E-state index contributed by atoms with van der Waals surface area (Å²) in [7, 11) is 1.57. The molecule has 3 N–H and O–H groups in total. The summed E-state index contributed by atoms with van der Waals surface area (Å²) in [6, 6.07) is 14.5. The van der Waals surface area contributed by atoms with Crippen molar-refractivity contribution in [1.29, 1.82) is 0 Å². The van der Waals surface area contributed by atoms with Gasteiger partial charge in [-0.2, -0.15) is 0 Å². The zero-order valence-corrected chi connectivity index (χ0v) is 15.6. The molecule has 6 nitrogen and oxygen atoms in total. The van der Waals surface area contributed by atoms with Gasteiger partial charge in [0.05, 0.1) is 7.11 Å². The third-order valence-corrected chi connectivity index (χ3v) is 4.00. The Bertz CT molecular complexity index is 961. The van der Waals surface area contributed by atoms with Crippen molar-refractivity contribution in [2.75, 3.05) is 29.6 Å². The SMILES string of the molecule is CCNc1cc(-c2ccc(NC(=O)Nc3ccc(OC)cc3)cc2F)ccn1. The molecule has 3 rings (SSSR count). The minimum atomic E-state index is -0.462. The normalized spacial score (nSPS) is 10.2. The van der Waals surface area contributed by atoms with Crippen LogP contribution in [0.15, 0.2) is 60.8 Å². The fraction of sp³-hybridized carbons (Fsp3) is 0.143. The predicted octanol–water partition coefficient (Wildman–Crippen LogP) is 4.97. The third-order valence-electron chi connectivity index (χ3n) is 4.00. The number of methoxy groups -OCH3 is 1. The number of urea groups is 1. The minimum absolute atomic E-state index is 0.355. The summed E-state index contributed by atoms with van der Waals surface area (Å²) in [5.74, 6) is 0.938. The Morgan fingerprint density at radius 3 is 2.43 bits per heavy atom. The van der Waals surface area contributed by atoms with Gasteiger partial charge in [0.2, 0.25) is 0 Å². The Balaban J connectivity index is 1.69. The molecular weight excluding hydrogens is 359 g/mol. The molecule has 28 heavy (non-hydrogen) atoms. The van der Waals surface area contributed by atoms with Gasteiger partial charge in [0.1, 0.15) is 17.4 Å². The monoisotopic (exact) mass is 380 g/mol. The molecule has 0 aliphatic carbocycles. The maximum Gasteiger partial charge on any atom is 0.323 e. The Hall–Kier alpha value is -3.61. The van der Waals surface area contributed by atoms with Crippen molar-refractivity contribution in [3.05, 3.63) is 66.6 Å². The van der Waals surface area contributed by atoms with E-state index in [-0.39, 0.29) is 0 Å². The lowest BCUT2D eigenvalue weighted by Crippen LogP contribution is -2.19. The summed E-state index contributed by atoms with van der Waals surface area (Å²) in [6.45, 7) is 2.69. The van der Waals surface area contributed by atoms with Crippen LogP contribution in [0.5, 0.6) is 5.75 Å². The summed E-state index contributed by atoms with van der Waals surface area (Å²) in [4.78, 5) is 16.3. The van der Waals surface area contributed by atoms with Crippen molar-refractivity contribution in [3.8, 4) is 16.9 Å². The highest BCUT2D eigenvalue weighted by Gasteiger charge is 2.09. The van der Waals surface area contributed by atoms with Crippen LogP contribution in [0, 0.1) is 5.82 Å². The van der Waals surface area contributed by atoms with Gasteiger partial charge in [-0.15, -0.1) is 0 Å². The molecule has 3 aromatic rings. The van der Waals surface area contributed by atoms with E-state index in [1.165, 1.54) is 6.07 Å². The molecule has 2 aromatic carbocycles. The molecule has 0 saturated carbocycles. The van der Waals surface area contributed by atoms with Gasteiger partial charge in [-0.1, -0.05) is 0 Å². The number of amides is 2. The second-order valence-corrected chi connectivity index (χ2v) is 5.96. The average Bonchev–Trinajstić information content (AvgIpc) is 2.69. The van der Waals surface area contributed by atoms with Crippen LogP contribution >= 0.6 is 0 Å². The van der Waals surface area contributed by atoms with Crippen molar-refractivity contribution >= 4 is 23.2 Å². The van der Waals surface area contributed by atoms with E-state index in [9.17, 15) is 9.18 Å². The van der Waals surface area contributed by atoms with E-state index in [0.29, 0.717) is 34.1 Å². The van der Waals surface area contributed by atoms with Gasteiger partial charge < -0.3 is 20.7 Å². The number of ether oxygens (including phenoxy) is 1. The fourth-order valence-corrected chi connectivity index (χ4v) is 2.67. The van der Waals surface area contributed by atoms with Gasteiger partial charge in [0, 0.05) is 29.7 Å². The summed E-state index contributed by atoms with van der Waals surface area (Å²) in [5, 5.41) is 8.41. The predicted molar refractivity (Wildman–Crippen MR) is 109 cm³/mol. The number of rotatable bonds is 6. The molecule has 1 aromatic heterocycles. The summed E-state index contributed by atoms with van der Waals surface area (Å²) in [5.41, 5.74) is 2.09. The highest BCUT2D eigenvalue weighted by Crippen LogP contribution is 2.26. The van der Waals surface area contributed by atoms with Crippen LogP contribution in [0.1, 0.15) is 6.92 Å². The molecule has 0 unspecified atom stereocenters. The summed E-state index contributed by atoms with van der Waals surface area (Å²) >= 11 is 0. The molecule has 0 atom stereocenters. The molecule has 0 spiro atoms. The standard InChI is InChI=1S/C21H21FN4O2/c1-3-23-20-12-14(10-11-24-20)18-9-6-16(13-19(18)22)26-21(27)25-15-4-7-17(28-2)8-5-15/h4-13H,3H2,1-2H3,(H,23,24)(H2,25,26,27). The van der Waals surface area contributed by atoms with Gasteiger partial charge in [0.25, 0.3) is 0 Å². The van der Waals surface area contributed by atoms with Crippen LogP contribution in [-0.4, -0.2) is 24.7 Å². The topological polar surface area (TPSA) is 75.3 Å². The van der Waals surface area contributed by atoms with Crippen molar-refractivity contribution in [1.82, 2.24) is 4.98 Å². The van der Waals surface area contributed by atoms with Crippen molar-refractivity contribution < 1.29 is 13.9 Å². The summed E-state index contributed by atoms with van der Waals surface area (Å²) in [6.07, 6.45) is 1.63. The van der Waals surface area contributed by atoms with E-state index in [1.54, 1.807) is 61.8 Å². The molecule has 0 fully saturated rings. The smallest absolute Gasteiger partial charge is 0.323 e.